The third-order valence-corrected chi connectivity index (χ3v) is 3.29. The maximum absolute atomic E-state index is 11.4. The largest absolute Gasteiger partial charge is 0.478 e. The summed E-state index contributed by atoms with van der Waals surface area (Å²) in [6.45, 7) is 3.90. The normalized spacial score (nSPS) is 12.0. The first kappa shape index (κ1) is 15.4. The minimum absolute atomic E-state index is 0.267. The van der Waals surface area contributed by atoms with Gasteiger partial charge in [-0.3, -0.25) is 0 Å². The van der Waals surface area contributed by atoms with Crippen molar-refractivity contribution in [2.45, 2.75) is 26.4 Å². The number of benzene rings is 2. The molecule has 0 fully saturated rings. The van der Waals surface area contributed by atoms with Crippen molar-refractivity contribution < 1.29 is 14.6 Å². The summed E-state index contributed by atoms with van der Waals surface area (Å²) < 4.78 is 5.64. The van der Waals surface area contributed by atoms with Crippen LogP contribution in [-0.4, -0.2) is 17.2 Å². The van der Waals surface area contributed by atoms with Crippen LogP contribution in [0, 0.1) is 13.8 Å². The molecule has 0 aromatic heterocycles. The second kappa shape index (κ2) is 6.64. The van der Waals surface area contributed by atoms with Gasteiger partial charge in [0.15, 0.2) is 6.10 Å². The van der Waals surface area contributed by atoms with Crippen LogP contribution in [0.4, 0.5) is 0 Å². The number of ether oxygens (including phenoxy) is 1. The molecule has 0 heterocycles. The first-order chi connectivity index (χ1) is 9.94. The average Bonchev–Trinajstić information content (AvgIpc) is 2.36. The number of rotatable bonds is 5. The van der Waals surface area contributed by atoms with E-state index in [4.69, 9.17) is 16.3 Å². The summed E-state index contributed by atoms with van der Waals surface area (Å²) in [7, 11) is 0. The first-order valence-electron chi connectivity index (χ1n) is 6.66. The Kier molecular flexibility index (Phi) is 4.86. The van der Waals surface area contributed by atoms with E-state index in [1.165, 1.54) is 0 Å². The van der Waals surface area contributed by atoms with Crippen molar-refractivity contribution in [2.75, 3.05) is 0 Å². The van der Waals surface area contributed by atoms with Crippen molar-refractivity contribution in [3.63, 3.8) is 0 Å². The van der Waals surface area contributed by atoms with Gasteiger partial charge in [-0.15, -0.1) is 0 Å². The highest BCUT2D eigenvalue weighted by Gasteiger charge is 2.20. The van der Waals surface area contributed by atoms with Crippen molar-refractivity contribution >= 4 is 17.6 Å². The summed E-state index contributed by atoms with van der Waals surface area (Å²) in [5.41, 5.74) is 2.91. The third-order valence-electron chi connectivity index (χ3n) is 3.06. The van der Waals surface area contributed by atoms with Crippen molar-refractivity contribution in [1.29, 1.82) is 0 Å². The van der Waals surface area contributed by atoms with Gasteiger partial charge in [-0.1, -0.05) is 29.8 Å². The predicted octanol–water partition coefficient (Wildman–Crippen LogP) is 4.03. The number of aliphatic carboxylic acids is 1. The summed E-state index contributed by atoms with van der Waals surface area (Å²) in [4.78, 5) is 11.4. The quantitative estimate of drug-likeness (QED) is 0.907. The molecule has 2 rings (SSSR count). The van der Waals surface area contributed by atoms with Gasteiger partial charge >= 0.3 is 5.97 Å². The van der Waals surface area contributed by atoms with Gasteiger partial charge < -0.3 is 9.84 Å². The molecule has 0 aliphatic carbocycles. The average molecular weight is 305 g/mol. The fourth-order valence-electron chi connectivity index (χ4n) is 2.22. The molecule has 0 amide bonds. The number of carbonyl (C=O) groups is 1. The summed E-state index contributed by atoms with van der Waals surface area (Å²) in [6.07, 6.45) is -0.673. The fraction of sp³-hybridized carbons (Fsp3) is 0.235. The van der Waals surface area contributed by atoms with E-state index in [-0.39, 0.29) is 6.42 Å². The third kappa shape index (κ3) is 4.50. The van der Waals surface area contributed by atoms with Crippen LogP contribution in [0.2, 0.25) is 5.02 Å². The molecule has 3 nitrogen and oxygen atoms in total. The SMILES string of the molecule is Cc1cc(C)cc(O[C@@H](Cc2cccc(Cl)c2)C(=O)O)c1. The summed E-state index contributed by atoms with van der Waals surface area (Å²) in [6, 6.07) is 12.8. The number of aryl methyl sites for hydroxylation is 2. The van der Waals surface area contributed by atoms with E-state index < -0.39 is 12.1 Å². The molecule has 0 bridgehead atoms. The van der Waals surface area contributed by atoms with E-state index in [1.807, 2.05) is 38.1 Å². The second-order valence-electron chi connectivity index (χ2n) is 5.10. The molecule has 0 saturated carbocycles. The Morgan fingerprint density at radius 2 is 1.86 bits per heavy atom. The lowest BCUT2D eigenvalue weighted by Crippen LogP contribution is -2.29. The fourth-order valence-corrected chi connectivity index (χ4v) is 2.44. The maximum Gasteiger partial charge on any atom is 0.345 e. The van der Waals surface area contributed by atoms with Gasteiger partial charge in [-0.05, 0) is 54.8 Å². The smallest absolute Gasteiger partial charge is 0.345 e. The van der Waals surface area contributed by atoms with Crippen LogP contribution < -0.4 is 4.74 Å². The van der Waals surface area contributed by atoms with Gasteiger partial charge in [-0.2, -0.15) is 0 Å². The van der Waals surface area contributed by atoms with Crippen LogP contribution in [0.5, 0.6) is 5.75 Å². The number of halogens is 1. The Hall–Kier alpha value is -2.00. The van der Waals surface area contributed by atoms with Gasteiger partial charge in [0, 0.05) is 11.4 Å². The van der Waals surface area contributed by atoms with Crippen LogP contribution in [0.15, 0.2) is 42.5 Å². The Morgan fingerprint density at radius 3 is 2.43 bits per heavy atom. The van der Waals surface area contributed by atoms with Gasteiger partial charge in [-0.25, -0.2) is 4.79 Å². The van der Waals surface area contributed by atoms with Gasteiger partial charge in [0.05, 0.1) is 0 Å². The van der Waals surface area contributed by atoms with E-state index in [1.54, 1.807) is 18.2 Å². The Labute approximate surface area is 129 Å². The standard InChI is InChI=1S/C17H17ClO3/c1-11-6-12(2)8-15(7-11)21-16(17(19)20)10-13-4-3-5-14(18)9-13/h3-9,16H,10H2,1-2H3,(H,19,20)/t16-/m0/s1. The van der Waals surface area contributed by atoms with Crippen molar-refractivity contribution in [3.05, 3.63) is 64.2 Å². The zero-order valence-electron chi connectivity index (χ0n) is 12.0. The number of hydrogen-bond donors (Lipinski definition) is 1. The number of hydrogen-bond acceptors (Lipinski definition) is 2. The molecule has 0 saturated heterocycles. The van der Waals surface area contributed by atoms with Crippen LogP contribution in [0.1, 0.15) is 16.7 Å². The van der Waals surface area contributed by atoms with E-state index in [2.05, 4.69) is 0 Å². The number of carboxylic acids is 1. The highest BCUT2D eigenvalue weighted by Crippen LogP contribution is 2.20. The molecule has 0 aliphatic rings. The zero-order chi connectivity index (χ0) is 15.4. The first-order valence-corrected chi connectivity index (χ1v) is 7.04. The minimum atomic E-state index is -0.992. The molecule has 4 heteroatoms. The van der Waals surface area contributed by atoms with Crippen LogP contribution in [0.25, 0.3) is 0 Å². The molecule has 0 spiro atoms. The van der Waals surface area contributed by atoms with E-state index in [9.17, 15) is 9.90 Å². The molecule has 2 aromatic carbocycles. The Balaban J connectivity index is 2.17. The highest BCUT2D eigenvalue weighted by atomic mass is 35.5. The zero-order valence-corrected chi connectivity index (χ0v) is 12.7. The lowest BCUT2D eigenvalue weighted by Gasteiger charge is -2.16. The Morgan fingerprint density at radius 1 is 1.19 bits per heavy atom. The molecule has 0 unspecified atom stereocenters. The van der Waals surface area contributed by atoms with Crippen molar-refractivity contribution in [3.8, 4) is 5.75 Å². The second-order valence-corrected chi connectivity index (χ2v) is 5.54. The van der Waals surface area contributed by atoms with E-state index >= 15 is 0 Å². The molecular formula is C17H17ClO3. The van der Waals surface area contributed by atoms with Gasteiger partial charge in [0.2, 0.25) is 0 Å². The predicted molar refractivity (Wildman–Crippen MR) is 83.1 cm³/mol. The molecule has 21 heavy (non-hydrogen) atoms. The van der Waals surface area contributed by atoms with Gasteiger partial charge in [0.25, 0.3) is 0 Å². The Bertz CT molecular complexity index is 632. The molecular weight excluding hydrogens is 288 g/mol. The molecule has 110 valence electrons. The van der Waals surface area contributed by atoms with Gasteiger partial charge in [0.1, 0.15) is 5.75 Å². The topological polar surface area (TPSA) is 46.5 Å². The lowest BCUT2D eigenvalue weighted by molar-refractivity contribution is -0.145. The summed E-state index contributed by atoms with van der Waals surface area (Å²) in [5, 5.41) is 9.93. The van der Waals surface area contributed by atoms with E-state index in [0.29, 0.717) is 10.8 Å². The highest BCUT2D eigenvalue weighted by molar-refractivity contribution is 6.30. The van der Waals surface area contributed by atoms with E-state index in [0.717, 1.165) is 16.7 Å². The molecule has 0 radical (unpaired) electrons. The lowest BCUT2D eigenvalue weighted by atomic mass is 10.1. The molecule has 2 aromatic rings. The molecule has 1 N–H and O–H groups in total. The van der Waals surface area contributed by atoms with Crippen LogP contribution in [-0.2, 0) is 11.2 Å². The number of carboxylic acid groups (broad SMARTS) is 1. The summed E-state index contributed by atoms with van der Waals surface area (Å²) >= 11 is 5.92. The summed E-state index contributed by atoms with van der Waals surface area (Å²) in [5.74, 6) is -0.420. The van der Waals surface area contributed by atoms with Crippen molar-refractivity contribution in [1.82, 2.24) is 0 Å². The van der Waals surface area contributed by atoms with Crippen molar-refractivity contribution in [2.24, 2.45) is 0 Å². The molecule has 1 atom stereocenters. The van der Waals surface area contributed by atoms with Crippen LogP contribution in [0.3, 0.4) is 0 Å². The minimum Gasteiger partial charge on any atom is -0.478 e. The van der Waals surface area contributed by atoms with Crippen LogP contribution >= 0.6 is 11.6 Å². The monoisotopic (exact) mass is 304 g/mol. The maximum atomic E-state index is 11.4. The molecule has 0 aliphatic heterocycles.